The Balaban J connectivity index is 2.15. The largest absolute Gasteiger partial charge is 0.249 e. The minimum atomic E-state index is 1.04. The summed E-state index contributed by atoms with van der Waals surface area (Å²) < 4.78 is 1.04. The number of unbranched alkanes of at least 4 members (excludes halogenated alkanes) is 2. The molecule has 1 rings (SSSR count). The molecule has 0 amide bonds. The fourth-order valence-electron chi connectivity index (χ4n) is 0.998. The van der Waals surface area contributed by atoms with Crippen molar-refractivity contribution in [1.29, 1.82) is 0 Å². The Bertz CT molecular complexity index is 251. The molecule has 0 fully saturated rings. The van der Waals surface area contributed by atoms with Crippen LogP contribution in [0.25, 0.3) is 0 Å². The van der Waals surface area contributed by atoms with E-state index in [1.165, 1.54) is 25.0 Å². The summed E-state index contributed by atoms with van der Waals surface area (Å²) in [6.07, 6.45) is 5.69. The number of hydrogen-bond acceptors (Lipinski definition) is 2. The third-order valence-electron chi connectivity index (χ3n) is 1.73. The van der Waals surface area contributed by atoms with Crippen molar-refractivity contribution < 1.29 is 0 Å². The van der Waals surface area contributed by atoms with Crippen LogP contribution < -0.4 is 0 Å². The summed E-state index contributed by atoms with van der Waals surface area (Å²) in [5.41, 5.74) is 0. The van der Waals surface area contributed by atoms with Crippen LogP contribution >= 0.6 is 43.6 Å². The lowest BCUT2D eigenvalue weighted by molar-refractivity contribution is 0.788. The maximum atomic E-state index is 4.30. The normalized spacial score (nSPS) is 10.4. The van der Waals surface area contributed by atoms with Gasteiger partial charge in [-0.2, -0.15) is 0 Å². The molecule has 0 radical (unpaired) electrons. The zero-order chi connectivity index (χ0) is 10.2. The van der Waals surface area contributed by atoms with Crippen molar-refractivity contribution in [2.75, 3.05) is 11.1 Å². The van der Waals surface area contributed by atoms with Crippen LogP contribution in [0.3, 0.4) is 0 Å². The van der Waals surface area contributed by atoms with Gasteiger partial charge < -0.3 is 0 Å². The minimum Gasteiger partial charge on any atom is -0.249 e. The van der Waals surface area contributed by atoms with E-state index in [4.69, 9.17) is 0 Å². The molecule has 1 aromatic rings. The molecule has 1 heterocycles. The van der Waals surface area contributed by atoms with E-state index in [9.17, 15) is 0 Å². The fourth-order valence-corrected chi connectivity index (χ4v) is 2.48. The first kappa shape index (κ1) is 12.5. The molecule has 0 aliphatic heterocycles. The molecule has 14 heavy (non-hydrogen) atoms. The second-order valence-electron chi connectivity index (χ2n) is 2.91. The van der Waals surface area contributed by atoms with Gasteiger partial charge in [0.15, 0.2) is 0 Å². The maximum absolute atomic E-state index is 4.30. The summed E-state index contributed by atoms with van der Waals surface area (Å²) in [6, 6.07) is 4.09. The standard InChI is InChI=1S/C10H13Br2NS/c11-6-2-1-3-7-14-10-5-4-9(12)8-13-10/h4-5,8H,1-3,6-7H2. The van der Waals surface area contributed by atoms with Crippen LogP contribution in [0, 0.1) is 0 Å². The number of aromatic nitrogens is 1. The second kappa shape index (κ2) is 7.71. The monoisotopic (exact) mass is 337 g/mol. The van der Waals surface area contributed by atoms with Crippen molar-refractivity contribution >= 4 is 43.6 Å². The van der Waals surface area contributed by atoms with Crippen LogP contribution in [0.5, 0.6) is 0 Å². The summed E-state index contributed by atoms with van der Waals surface area (Å²) >= 11 is 8.63. The van der Waals surface area contributed by atoms with Gasteiger partial charge in [0.05, 0.1) is 5.03 Å². The van der Waals surface area contributed by atoms with Gasteiger partial charge in [0.2, 0.25) is 0 Å². The highest BCUT2D eigenvalue weighted by molar-refractivity contribution is 9.10. The molecule has 0 N–H and O–H groups in total. The number of thioether (sulfide) groups is 1. The Hall–Kier alpha value is 0.460. The Morgan fingerprint density at radius 2 is 2.07 bits per heavy atom. The predicted octanol–water partition coefficient (Wildman–Crippen LogP) is 4.50. The summed E-state index contributed by atoms with van der Waals surface area (Å²) in [7, 11) is 0. The van der Waals surface area contributed by atoms with Crippen LogP contribution in [0.2, 0.25) is 0 Å². The smallest absolute Gasteiger partial charge is 0.0960 e. The van der Waals surface area contributed by atoms with Gasteiger partial charge in [0, 0.05) is 16.0 Å². The van der Waals surface area contributed by atoms with Crippen molar-refractivity contribution in [1.82, 2.24) is 4.98 Å². The molecule has 0 unspecified atom stereocenters. The van der Waals surface area contributed by atoms with Gasteiger partial charge in [0.1, 0.15) is 0 Å². The number of halogens is 2. The number of pyridine rings is 1. The third-order valence-corrected chi connectivity index (χ3v) is 3.79. The van der Waals surface area contributed by atoms with E-state index in [-0.39, 0.29) is 0 Å². The topological polar surface area (TPSA) is 12.9 Å². The lowest BCUT2D eigenvalue weighted by atomic mass is 10.3. The van der Waals surface area contributed by atoms with Gasteiger partial charge >= 0.3 is 0 Å². The Kier molecular flexibility index (Phi) is 6.90. The molecule has 0 saturated carbocycles. The first-order valence-corrected chi connectivity index (χ1v) is 7.53. The first-order valence-electron chi connectivity index (χ1n) is 4.63. The first-order chi connectivity index (χ1) is 6.83. The number of hydrogen-bond donors (Lipinski definition) is 0. The van der Waals surface area contributed by atoms with Gasteiger partial charge in [-0.1, -0.05) is 22.4 Å². The lowest BCUT2D eigenvalue weighted by Crippen LogP contribution is -1.84. The SMILES string of the molecule is BrCCCCCSc1ccc(Br)cn1. The van der Waals surface area contributed by atoms with E-state index >= 15 is 0 Å². The van der Waals surface area contributed by atoms with Crippen molar-refractivity contribution in [2.45, 2.75) is 24.3 Å². The summed E-state index contributed by atoms with van der Waals surface area (Å²) in [4.78, 5) is 4.30. The fraction of sp³-hybridized carbons (Fsp3) is 0.500. The molecule has 1 nitrogen and oxygen atoms in total. The number of alkyl halides is 1. The highest BCUT2D eigenvalue weighted by Gasteiger charge is 1.95. The van der Waals surface area contributed by atoms with E-state index in [2.05, 4.69) is 42.9 Å². The van der Waals surface area contributed by atoms with Gasteiger partial charge in [-0.25, -0.2) is 4.98 Å². The molecule has 0 spiro atoms. The van der Waals surface area contributed by atoms with Gasteiger partial charge in [-0.15, -0.1) is 11.8 Å². The quantitative estimate of drug-likeness (QED) is 0.430. The molecular weight excluding hydrogens is 326 g/mol. The van der Waals surface area contributed by atoms with E-state index in [1.54, 1.807) is 0 Å². The average Bonchev–Trinajstić information content (AvgIpc) is 2.21. The lowest BCUT2D eigenvalue weighted by Gasteiger charge is -2.00. The molecule has 0 bridgehead atoms. The van der Waals surface area contributed by atoms with Gasteiger partial charge in [0.25, 0.3) is 0 Å². The molecule has 0 aliphatic rings. The Morgan fingerprint density at radius 3 is 2.71 bits per heavy atom. The zero-order valence-electron chi connectivity index (χ0n) is 7.88. The van der Waals surface area contributed by atoms with Crippen molar-refractivity contribution in [2.24, 2.45) is 0 Å². The van der Waals surface area contributed by atoms with Crippen LogP contribution in [0.4, 0.5) is 0 Å². The van der Waals surface area contributed by atoms with Gasteiger partial charge in [-0.3, -0.25) is 0 Å². The summed E-state index contributed by atoms with van der Waals surface area (Å²) in [5.74, 6) is 1.17. The molecule has 0 aromatic carbocycles. The Labute approximate surface area is 106 Å². The highest BCUT2D eigenvalue weighted by atomic mass is 79.9. The highest BCUT2D eigenvalue weighted by Crippen LogP contribution is 2.19. The van der Waals surface area contributed by atoms with E-state index in [0.29, 0.717) is 0 Å². The maximum Gasteiger partial charge on any atom is 0.0960 e. The van der Waals surface area contributed by atoms with Crippen LogP contribution in [-0.2, 0) is 0 Å². The molecule has 0 aliphatic carbocycles. The average molecular weight is 339 g/mol. The predicted molar refractivity (Wildman–Crippen MR) is 70.3 cm³/mol. The summed E-state index contributed by atoms with van der Waals surface area (Å²) in [6.45, 7) is 0. The van der Waals surface area contributed by atoms with Crippen molar-refractivity contribution in [3.8, 4) is 0 Å². The molecular formula is C10H13Br2NS. The second-order valence-corrected chi connectivity index (χ2v) is 5.74. The molecule has 0 saturated heterocycles. The van der Waals surface area contributed by atoms with Crippen LogP contribution in [-0.4, -0.2) is 16.1 Å². The minimum absolute atomic E-state index is 1.04. The molecule has 0 atom stereocenters. The molecule has 1 aromatic heterocycles. The zero-order valence-corrected chi connectivity index (χ0v) is 11.9. The van der Waals surface area contributed by atoms with Gasteiger partial charge in [-0.05, 0) is 46.7 Å². The van der Waals surface area contributed by atoms with Crippen molar-refractivity contribution in [3.05, 3.63) is 22.8 Å². The van der Waals surface area contributed by atoms with E-state index in [1.807, 2.05) is 24.0 Å². The number of rotatable bonds is 6. The van der Waals surface area contributed by atoms with E-state index in [0.717, 1.165) is 14.8 Å². The Morgan fingerprint density at radius 1 is 1.21 bits per heavy atom. The van der Waals surface area contributed by atoms with E-state index < -0.39 is 0 Å². The van der Waals surface area contributed by atoms with Crippen molar-refractivity contribution in [3.63, 3.8) is 0 Å². The molecule has 78 valence electrons. The number of nitrogens with zero attached hydrogens (tertiary/aromatic N) is 1. The summed E-state index contributed by atoms with van der Waals surface area (Å²) in [5, 5.41) is 2.24. The van der Waals surface area contributed by atoms with Crippen LogP contribution in [0.1, 0.15) is 19.3 Å². The van der Waals surface area contributed by atoms with Crippen LogP contribution in [0.15, 0.2) is 27.8 Å². The third kappa shape index (κ3) is 5.37. The molecule has 4 heteroatoms.